The molecule has 1 N–H and O–H groups in total. The van der Waals surface area contributed by atoms with Crippen molar-refractivity contribution in [2.75, 3.05) is 5.32 Å². The number of hydrogen-bond acceptors (Lipinski definition) is 4. The molecule has 0 aliphatic carbocycles. The van der Waals surface area contributed by atoms with Crippen molar-refractivity contribution in [1.29, 1.82) is 0 Å². The third-order valence-corrected chi connectivity index (χ3v) is 4.52. The predicted octanol–water partition coefficient (Wildman–Crippen LogP) is 2.67. The predicted molar refractivity (Wildman–Crippen MR) is 76.5 cm³/mol. The summed E-state index contributed by atoms with van der Waals surface area (Å²) in [7, 11) is 1.85. The summed E-state index contributed by atoms with van der Waals surface area (Å²) < 4.78 is 1.76. The molecule has 20 heavy (non-hydrogen) atoms. The Morgan fingerprint density at radius 1 is 1.30 bits per heavy atom. The SMILES string of the molecule is Cc1cc(Sc2cc3c(cc2Cl)C(=O)C(=O)N3)n(C)n1. The maximum absolute atomic E-state index is 11.6. The van der Waals surface area contributed by atoms with Gasteiger partial charge in [-0.3, -0.25) is 14.3 Å². The zero-order valence-corrected chi connectivity index (χ0v) is 12.3. The highest BCUT2D eigenvalue weighted by molar-refractivity contribution is 7.99. The van der Waals surface area contributed by atoms with Crippen LogP contribution in [0.3, 0.4) is 0 Å². The maximum atomic E-state index is 11.6. The number of carbonyl (C=O) groups is 2. The van der Waals surface area contributed by atoms with Crippen LogP contribution in [0.5, 0.6) is 0 Å². The van der Waals surface area contributed by atoms with E-state index >= 15 is 0 Å². The Bertz CT molecular complexity index is 754. The first kappa shape index (κ1) is 13.2. The van der Waals surface area contributed by atoms with Gasteiger partial charge in [0, 0.05) is 11.9 Å². The summed E-state index contributed by atoms with van der Waals surface area (Å²) in [6.45, 7) is 1.91. The number of hydrogen-bond donors (Lipinski definition) is 1. The van der Waals surface area contributed by atoms with Crippen LogP contribution in [0.1, 0.15) is 16.1 Å². The number of aromatic nitrogens is 2. The van der Waals surface area contributed by atoms with Crippen molar-refractivity contribution in [3.05, 3.63) is 34.5 Å². The molecule has 0 bridgehead atoms. The lowest BCUT2D eigenvalue weighted by atomic mass is 10.1. The van der Waals surface area contributed by atoms with Crippen LogP contribution < -0.4 is 5.32 Å². The van der Waals surface area contributed by atoms with Crippen LogP contribution in [-0.4, -0.2) is 21.5 Å². The molecule has 0 unspecified atom stereocenters. The largest absolute Gasteiger partial charge is 0.318 e. The van der Waals surface area contributed by atoms with E-state index in [9.17, 15) is 9.59 Å². The van der Waals surface area contributed by atoms with Crippen molar-refractivity contribution in [2.24, 2.45) is 7.05 Å². The van der Waals surface area contributed by atoms with Crippen molar-refractivity contribution >= 4 is 40.7 Å². The molecule has 0 atom stereocenters. The molecule has 0 radical (unpaired) electrons. The number of Topliss-reactive ketones (excluding diaryl/α,β-unsaturated/α-hetero) is 1. The third kappa shape index (κ3) is 2.10. The normalized spacial score (nSPS) is 13.6. The first-order valence-electron chi connectivity index (χ1n) is 5.83. The molecular formula is C13H10ClN3O2S. The van der Waals surface area contributed by atoms with E-state index in [1.165, 1.54) is 17.8 Å². The van der Waals surface area contributed by atoms with Gasteiger partial charge in [0.25, 0.3) is 11.7 Å². The molecule has 102 valence electrons. The Labute approximate surface area is 124 Å². The minimum atomic E-state index is -0.616. The van der Waals surface area contributed by atoms with Gasteiger partial charge in [-0.05, 0) is 25.1 Å². The van der Waals surface area contributed by atoms with Gasteiger partial charge in [-0.25, -0.2) is 0 Å². The standard InChI is InChI=1S/C13H10ClN3O2S/c1-6-3-11(17(2)16-6)20-10-5-9-7(4-8(10)14)12(18)13(19)15-9/h3-5H,1-2H3,(H,15,18,19). The summed E-state index contributed by atoms with van der Waals surface area (Å²) in [5.74, 6) is -1.16. The quantitative estimate of drug-likeness (QED) is 0.866. The molecular weight excluding hydrogens is 298 g/mol. The van der Waals surface area contributed by atoms with Gasteiger partial charge in [0.15, 0.2) is 0 Å². The van der Waals surface area contributed by atoms with Crippen molar-refractivity contribution in [3.63, 3.8) is 0 Å². The number of fused-ring (bicyclic) bond motifs is 1. The number of nitrogens with zero attached hydrogens (tertiary/aromatic N) is 2. The Balaban J connectivity index is 2.00. The summed E-state index contributed by atoms with van der Waals surface area (Å²) in [6, 6.07) is 5.19. The minimum absolute atomic E-state index is 0.325. The van der Waals surface area contributed by atoms with E-state index in [-0.39, 0.29) is 0 Å². The molecule has 2 aromatic rings. The molecule has 1 aromatic carbocycles. The third-order valence-electron chi connectivity index (χ3n) is 2.94. The van der Waals surface area contributed by atoms with Crippen LogP contribution in [0, 0.1) is 6.92 Å². The molecule has 1 aliphatic rings. The molecule has 0 fully saturated rings. The van der Waals surface area contributed by atoms with Gasteiger partial charge in [0.05, 0.1) is 27.0 Å². The Kier molecular flexibility index (Phi) is 3.07. The monoisotopic (exact) mass is 307 g/mol. The molecule has 7 heteroatoms. The maximum Gasteiger partial charge on any atom is 0.296 e. The number of aryl methyl sites for hydroxylation is 2. The molecule has 1 aromatic heterocycles. The lowest BCUT2D eigenvalue weighted by molar-refractivity contribution is -0.112. The van der Waals surface area contributed by atoms with Gasteiger partial charge in [0.2, 0.25) is 0 Å². The smallest absolute Gasteiger partial charge is 0.296 e. The summed E-state index contributed by atoms with van der Waals surface area (Å²) in [6.07, 6.45) is 0. The first-order valence-corrected chi connectivity index (χ1v) is 7.03. The van der Waals surface area contributed by atoms with E-state index in [1.807, 2.05) is 20.0 Å². The van der Waals surface area contributed by atoms with Crippen LogP contribution in [0.15, 0.2) is 28.1 Å². The number of halogens is 1. The molecule has 0 spiro atoms. The first-order chi connectivity index (χ1) is 9.45. The Hall–Kier alpha value is -1.79. The van der Waals surface area contributed by atoms with Crippen LogP contribution in [0.25, 0.3) is 0 Å². The van der Waals surface area contributed by atoms with Crippen molar-refractivity contribution in [3.8, 4) is 0 Å². The average molecular weight is 308 g/mol. The highest BCUT2D eigenvalue weighted by Crippen LogP contribution is 2.38. The van der Waals surface area contributed by atoms with Gasteiger partial charge in [-0.1, -0.05) is 23.4 Å². The molecule has 2 heterocycles. The summed E-state index contributed by atoms with van der Waals surface area (Å²) in [4.78, 5) is 23.7. The van der Waals surface area contributed by atoms with E-state index in [0.717, 1.165) is 15.6 Å². The van der Waals surface area contributed by atoms with E-state index in [4.69, 9.17) is 11.6 Å². The van der Waals surface area contributed by atoms with Crippen LogP contribution in [0.2, 0.25) is 5.02 Å². The van der Waals surface area contributed by atoms with Crippen molar-refractivity contribution in [2.45, 2.75) is 16.8 Å². The zero-order valence-electron chi connectivity index (χ0n) is 10.7. The number of ketones is 1. The number of carbonyl (C=O) groups excluding carboxylic acids is 2. The van der Waals surface area contributed by atoms with Crippen LogP contribution in [-0.2, 0) is 11.8 Å². The van der Waals surface area contributed by atoms with E-state index in [1.54, 1.807) is 10.7 Å². The molecule has 5 nitrogen and oxygen atoms in total. The average Bonchev–Trinajstić information content (AvgIpc) is 2.83. The Morgan fingerprint density at radius 3 is 2.70 bits per heavy atom. The zero-order chi connectivity index (χ0) is 14.4. The van der Waals surface area contributed by atoms with Crippen molar-refractivity contribution in [1.82, 2.24) is 9.78 Å². The van der Waals surface area contributed by atoms with E-state index in [2.05, 4.69) is 10.4 Å². The molecule has 3 rings (SSSR count). The number of rotatable bonds is 2. The second-order valence-electron chi connectivity index (χ2n) is 4.46. The summed E-state index contributed by atoms with van der Waals surface area (Å²) >= 11 is 7.62. The second-order valence-corrected chi connectivity index (χ2v) is 5.93. The minimum Gasteiger partial charge on any atom is -0.318 e. The van der Waals surface area contributed by atoms with Gasteiger partial charge < -0.3 is 5.32 Å². The van der Waals surface area contributed by atoms with Gasteiger partial charge in [0.1, 0.15) is 0 Å². The number of benzene rings is 1. The second kappa shape index (κ2) is 4.64. The number of anilines is 1. The van der Waals surface area contributed by atoms with Gasteiger partial charge in [-0.2, -0.15) is 5.10 Å². The highest BCUT2D eigenvalue weighted by Gasteiger charge is 2.29. The Morgan fingerprint density at radius 2 is 2.05 bits per heavy atom. The summed E-state index contributed by atoms with van der Waals surface area (Å²) in [5.41, 5.74) is 1.74. The molecule has 1 aliphatic heterocycles. The number of amides is 1. The fourth-order valence-corrected chi connectivity index (χ4v) is 3.26. The van der Waals surface area contributed by atoms with Crippen molar-refractivity contribution < 1.29 is 9.59 Å². The molecule has 1 amide bonds. The van der Waals surface area contributed by atoms with Gasteiger partial charge in [-0.15, -0.1) is 0 Å². The van der Waals surface area contributed by atoms with Gasteiger partial charge >= 0.3 is 0 Å². The molecule has 0 saturated heterocycles. The van der Waals surface area contributed by atoms with Crippen LogP contribution >= 0.6 is 23.4 Å². The van der Waals surface area contributed by atoms with E-state index in [0.29, 0.717) is 16.3 Å². The topological polar surface area (TPSA) is 64.0 Å². The molecule has 0 saturated carbocycles. The fraction of sp³-hybridized carbons (Fsp3) is 0.154. The van der Waals surface area contributed by atoms with Crippen LogP contribution in [0.4, 0.5) is 5.69 Å². The fourth-order valence-electron chi connectivity index (χ4n) is 2.02. The lowest BCUT2D eigenvalue weighted by Gasteiger charge is -2.06. The lowest BCUT2D eigenvalue weighted by Crippen LogP contribution is -2.12. The summed E-state index contributed by atoms with van der Waals surface area (Å²) in [5, 5.41) is 8.17. The highest BCUT2D eigenvalue weighted by atomic mass is 35.5. The number of nitrogens with one attached hydrogen (secondary N) is 1. The van der Waals surface area contributed by atoms with E-state index < -0.39 is 11.7 Å².